The molecule has 0 radical (unpaired) electrons. The Kier molecular flexibility index (Phi) is 6.12. The lowest BCUT2D eigenvalue weighted by Crippen LogP contribution is -2.30. The summed E-state index contributed by atoms with van der Waals surface area (Å²) in [5.41, 5.74) is 2.05. The molecule has 0 aliphatic carbocycles. The number of halogens is 1. The van der Waals surface area contributed by atoms with E-state index in [9.17, 15) is 9.18 Å². The van der Waals surface area contributed by atoms with E-state index in [2.05, 4.69) is 15.5 Å². The van der Waals surface area contributed by atoms with E-state index in [1.54, 1.807) is 50.4 Å². The van der Waals surface area contributed by atoms with E-state index < -0.39 is 17.8 Å². The average molecular weight is 433 g/mol. The van der Waals surface area contributed by atoms with Gasteiger partial charge in [-0.2, -0.15) is 4.98 Å². The van der Waals surface area contributed by atoms with Crippen LogP contribution in [0.25, 0.3) is 22.8 Å². The normalized spacial score (nSPS) is 11.6. The Morgan fingerprint density at radius 2 is 1.69 bits per heavy atom. The highest BCUT2D eigenvalue weighted by Gasteiger charge is 2.17. The van der Waals surface area contributed by atoms with E-state index in [4.69, 9.17) is 14.0 Å². The van der Waals surface area contributed by atoms with Crippen molar-refractivity contribution in [3.05, 3.63) is 78.6 Å². The predicted molar refractivity (Wildman–Crippen MR) is 117 cm³/mol. The van der Waals surface area contributed by atoms with Crippen LogP contribution in [0.3, 0.4) is 0 Å². The molecule has 3 aromatic carbocycles. The molecule has 32 heavy (non-hydrogen) atoms. The van der Waals surface area contributed by atoms with Gasteiger partial charge in [-0.3, -0.25) is 4.79 Å². The second-order valence-electron chi connectivity index (χ2n) is 6.91. The number of para-hydroxylation sites is 1. The van der Waals surface area contributed by atoms with Crippen LogP contribution < -0.4 is 14.8 Å². The molecule has 0 aliphatic rings. The van der Waals surface area contributed by atoms with Gasteiger partial charge in [0.25, 0.3) is 11.8 Å². The average Bonchev–Trinajstić information content (AvgIpc) is 3.31. The number of carbonyl (C=O) groups excluding carboxylic acids is 1. The highest BCUT2D eigenvalue weighted by Crippen LogP contribution is 2.25. The fourth-order valence-electron chi connectivity index (χ4n) is 2.92. The standard InChI is InChI=1S/C24H20FN3O4/c1-15(31-21-6-4-3-5-20(21)25)23(29)26-18-11-7-17(8-12-18)24-27-22(28-32-24)16-9-13-19(30-2)14-10-16/h3-15H,1-2H3,(H,26,29)/t15-/m0/s1. The summed E-state index contributed by atoms with van der Waals surface area (Å²) >= 11 is 0. The van der Waals surface area contributed by atoms with Crippen LogP contribution in [0.2, 0.25) is 0 Å². The quantitative estimate of drug-likeness (QED) is 0.443. The number of anilines is 1. The Bertz CT molecular complexity index is 1210. The number of nitrogens with one attached hydrogen (secondary N) is 1. The van der Waals surface area contributed by atoms with Crippen LogP contribution in [-0.2, 0) is 4.79 Å². The van der Waals surface area contributed by atoms with E-state index in [0.29, 0.717) is 23.0 Å². The Hall–Kier alpha value is -4.20. The Balaban J connectivity index is 1.40. The summed E-state index contributed by atoms with van der Waals surface area (Å²) in [7, 11) is 1.60. The van der Waals surface area contributed by atoms with Gasteiger partial charge in [0.05, 0.1) is 7.11 Å². The van der Waals surface area contributed by atoms with Gasteiger partial charge in [-0.25, -0.2) is 4.39 Å². The highest BCUT2D eigenvalue weighted by atomic mass is 19.1. The molecule has 0 saturated heterocycles. The first-order valence-electron chi connectivity index (χ1n) is 9.84. The summed E-state index contributed by atoms with van der Waals surface area (Å²) in [5.74, 6) is 0.646. The van der Waals surface area contributed by atoms with E-state index >= 15 is 0 Å². The fourth-order valence-corrected chi connectivity index (χ4v) is 2.92. The number of hydrogen-bond acceptors (Lipinski definition) is 6. The molecular weight excluding hydrogens is 413 g/mol. The summed E-state index contributed by atoms with van der Waals surface area (Å²) in [6.45, 7) is 1.55. The maximum Gasteiger partial charge on any atom is 0.265 e. The zero-order valence-corrected chi connectivity index (χ0v) is 17.4. The maximum atomic E-state index is 13.7. The van der Waals surface area contributed by atoms with Gasteiger partial charge in [0.1, 0.15) is 5.75 Å². The molecule has 0 saturated carbocycles. The lowest BCUT2D eigenvalue weighted by molar-refractivity contribution is -0.122. The van der Waals surface area contributed by atoms with E-state index in [0.717, 1.165) is 11.3 Å². The number of methoxy groups -OCH3 is 1. The molecule has 162 valence electrons. The summed E-state index contributed by atoms with van der Waals surface area (Å²) < 4.78 is 29.6. The van der Waals surface area contributed by atoms with Gasteiger partial charge in [-0.1, -0.05) is 17.3 Å². The van der Waals surface area contributed by atoms with Gasteiger partial charge >= 0.3 is 0 Å². The molecule has 1 aromatic heterocycles. The first kappa shape index (κ1) is 21.0. The van der Waals surface area contributed by atoms with E-state index in [-0.39, 0.29) is 5.75 Å². The van der Waals surface area contributed by atoms with Crippen molar-refractivity contribution < 1.29 is 23.2 Å². The van der Waals surface area contributed by atoms with Crippen molar-refractivity contribution in [3.8, 4) is 34.3 Å². The Labute approximate surface area is 183 Å². The van der Waals surface area contributed by atoms with Gasteiger partial charge in [0.15, 0.2) is 17.7 Å². The molecule has 4 rings (SSSR count). The summed E-state index contributed by atoms with van der Waals surface area (Å²) in [4.78, 5) is 16.8. The lowest BCUT2D eigenvalue weighted by Gasteiger charge is -2.15. The van der Waals surface area contributed by atoms with Gasteiger partial charge in [0, 0.05) is 16.8 Å². The van der Waals surface area contributed by atoms with Crippen molar-refractivity contribution in [3.63, 3.8) is 0 Å². The molecule has 0 fully saturated rings. The Morgan fingerprint density at radius 3 is 2.38 bits per heavy atom. The fraction of sp³-hybridized carbons (Fsp3) is 0.125. The molecule has 0 spiro atoms. The summed E-state index contributed by atoms with van der Waals surface area (Å²) in [6, 6.07) is 20.2. The topological polar surface area (TPSA) is 86.5 Å². The zero-order valence-electron chi connectivity index (χ0n) is 17.4. The van der Waals surface area contributed by atoms with E-state index in [1.807, 2.05) is 24.3 Å². The largest absolute Gasteiger partial charge is 0.497 e. The van der Waals surface area contributed by atoms with Gasteiger partial charge in [0.2, 0.25) is 5.82 Å². The summed E-state index contributed by atoms with van der Waals surface area (Å²) in [5, 5.41) is 6.75. The highest BCUT2D eigenvalue weighted by molar-refractivity contribution is 5.94. The number of hydrogen-bond donors (Lipinski definition) is 1. The number of ether oxygens (including phenoxy) is 2. The number of amides is 1. The van der Waals surface area contributed by atoms with Crippen molar-refractivity contribution in [1.82, 2.24) is 10.1 Å². The summed E-state index contributed by atoms with van der Waals surface area (Å²) in [6.07, 6.45) is -0.880. The number of benzene rings is 3. The smallest absolute Gasteiger partial charge is 0.265 e. The van der Waals surface area contributed by atoms with Crippen LogP contribution >= 0.6 is 0 Å². The third kappa shape index (κ3) is 4.75. The maximum absolute atomic E-state index is 13.7. The third-order valence-corrected chi connectivity index (χ3v) is 4.68. The number of rotatable bonds is 7. The molecule has 1 amide bonds. The van der Waals surface area contributed by atoms with Crippen LogP contribution in [0, 0.1) is 5.82 Å². The minimum Gasteiger partial charge on any atom is -0.497 e. The predicted octanol–water partition coefficient (Wildman–Crippen LogP) is 4.96. The van der Waals surface area contributed by atoms with Gasteiger partial charge < -0.3 is 19.3 Å². The van der Waals surface area contributed by atoms with Crippen LogP contribution in [0.15, 0.2) is 77.3 Å². The molecule has 4 aromatic rings. The minimum absolute atomic E-state index is 0.0227. The molecular formula is C24H20FN3O4. The van der Waals surface area contributed by atoms with Crippen molar-refractivity contribution >= 4 is 11.6 Å². The van der Waals surface area contributed by atoms with Crippen molar-refractivity contribution in [2.45, 2.75) is 13.0 Å². The molecule has 7 nitrogen and oxygen atoms in total. The molecule has 1 atom stereocenters. The monoisotopic (exact) mass is 433 g/mol. The second-order valence-corrected chi connectivity index (χ2v) is 6.91. The van der Waals surface area contributed by atoms with E-state index in [1.165, 1.54) is 12.1 Å². The second kappa shape index (κ2) is 9.30. The molecule has 0 aliphatic heterocycles. The van der Waals surface area contributed by atoms with Gasteiger partial charge in [-0.05, 0) is 67.6 Å². The van der Waals surface area contributed by atoms with Crippen LogP contribution in [0.1, 0.15) is 6.92 Å². The van der Waals surface area contributed by atoms with Crippen LogP contribution in [-0.4, -0.2) is 29.3 Å². The Morgan fingerprint density at radius 1 is 1.00 bits per heavy atom. The molecule has 1 N–H and O–H groups in total. The molecule has 8 heteroatoms. The molecule has 0 unspecified atom stereocenters. The lowest BCUT2D eigenvalue weighted by atomic mass is 10.2. The molecule has 0 bridgehead atoms. The zero-order chi connectivity index (χ0) is 22.5. The molecule has 1 heterocycles. The van der Waals surface area contributed by atoms with Crippen molar-refractivity contribution in [2.24, 2.45) is 0 Å². The third-order valence-electron chi connectivity index (χ3n) is 4.68. The van der Waals surface area contributed by atoms with Crippen LogP contribution in [0.5, 0.6) is 11.5 Å². The SMILES string of the molecule is COc1ccc(-c2noc(-c3ccc(NC(=O)[C@H](C)Oc4ccccc4F)cc3)n2)cc1. The van der Waals surface area contributed by atoms with Crippen molar-refractivity contribution in [1.29, 1.82) is 0 Å². The minimum atomic E-state index is -0.880. The first-order chi connectivity index (χ1) is 15.5. The number of aromatic nitrogens is 2. The van der Waals surface area contributed by atoms with Crippen molar-refractivity contribution in [2.75, 3.05) is 12.4 Å². The number of nitrogens with zero attached hydrogens (tertiary/aromatic N) is 2. The number of carbonyl (C=O) groups is 1. The first-order valence-corrected chi connectivity index (χ1v) is 9.84. The van der Waals surface area contributed by atoms with Crippen LogP contribution in [0.4, 0.5) is 10.1 Å². The van der Waals surface area contributed by atoms with Gasteiger partial charge in [-0.15, -0.1) is 0 Å².